The first-order chi connectivity index (χ1) is 11.6. The van der Waals surface area contributed by atoms with E-state index in [4.69, 9.17) is 4.74 Å². The van der Waals surface area contributed by atoms with Crippen LogP contribution < -0.4 is 10.1 Å². The molecule has 0 saturated heterocycles. The lowest BCUT2D eigenvalue weighted by molar-refractivity contribution is 0.0780. The van der Waals surface area contributed by atoms with Crippen LogP contribution in [-0.4, -0.2) is 37.4 Å². The van der Waals surface area contributed by atoms with Crippen LogP contribution in [0.5, 0.6) is 5.75 Å². The topological polar surface area (TPSA) is 58.6 Å². The van der Waals surface area contributed by atoms with Gasteiger partial charge >= 0.3 is 0 Å². The lowest BCUT2D eigenvalue weighted by Crippen LogP contribution is -2.26. The average Bonchev–Trinajstić information content (AvgIpc) is 2.62. The van der Waals surface area contributed by atoms with Crippen molar-refractivity contribution in [1.29, 1.82) is 0 Å². The van der Waals surface area contributed by atoms with Gasteiger partial charge < -0.3 is 15.0 Å². The molecule has 2 aromatic carbocycles. The first-order valence-corrected chi connectivity index (χ1v) is 7.85. The van der Waals surface area contributed by atoms with Crippen molar-refractivity contribution in [1.82, 2.24) is 10.2 Å². The second-order valence-electron chi connectivity index (χ2n) is 5.37. The van der Waals surface area contributed by atoms with E-state index in [2.05, 4.69) is 5.32 Å². The highest BCUT2D eigenvalue weighted by atomic mass is 16.5. The molecule has 5 heteroatoms. The number of rotatable bonds is 6. The number of hydrogen-bond donors (Lipinski definition) is 1. The summed E-state index contributed by atoms with van der Waals surface area (Å²) in [7, 11) is 3.34. The van der Waals surface area contributed by atoms with E-state index in [-0.39, 0.29) is 11.8 Å². The molecule has 2 amide bonds. The molecule has 0 aliphatic rings. The fourth-order valence-electron chi connectivity index (χ4n) is 2.38. The molecule has 0 aliphatic heterocycles. The zero-order chi connectivity index (χ0) is 17.5. The van der Waals surface area contributed by atoms with Crippen molar-refractivity contribution < 1.29 is 14.3 Å². The van der Waals surface area contributed by atoms with Gasteiger partial charge in [0.15, 0.2) is 0 Å². The van der Waals surface area contributed by atoms with Gasteiger partial charge in [0.25, 0.3) is 11.8 Å². The summed E-state index contributed by atoms with van der Waals surface area (Å²) in [5.74, 6) is 0.359. The maximum Gasteiger partial charge on any atom is 0.257 e. The second-order valence-corrected chi connectivity index (χ2v) is 5.37. The van der Waals surface area contributed by atoms with E-state index in [0.29, 0.717) is 30.0 Å². The second kappa shape index (κ2) is 8.15. The Morgan fingerprint density at radius 3 is 2.38 bits per heavy atom. The summed E-state index contributed by atoms with van der Waals surface area (Å²) in [5, 5.41) is 2.58. The van der Waals surface area contributed by atoms with Gasteiger partial charge in [0, 0.05) is 26.2 Å². The number of ether oxygens (including phenoxy) is 1. The van der Waals surface area contributed by atoms with E-state index < -0.39 is 0 Å². The van der Waals surface area contributed by atoms with Gasteiger partial charge in [-0.25, -0.2) is 0 Å². The molecule has 0 heterocycles. The van der Waals surface area contributed by atoms with Crippen LogP contribution in [0.3, 0.4) is 0 Å². The summed E-state index contributed by atoms with van der Waals surface area (Å²) in [6.45, 7) is 2.85. The number of benzene rings is 2. The van der Waals surface area contributed by atoms with Crippen LogP contribution in [0.15, 0.2) is 48.5 Å². The number of hydrogen-bond acceptors (Lipinski definition) is 3. The number of nitrogens with zero attached hydrogens (tertiary/aromatic N) is 1. The molecule has 0 bridgehead atoms. The summed E-state index contributed by atoms with van der Waals surface area (Å²) in [5.41, 5.74) is 2.09. The van der Waals surface area contributed by atoms with Gasteiger partial charge in [-0.05, 0) is 36.8 Å². The van der Waals surface area contributed by atoms with Crippen LogP contribution >= 0.6 is 0 Å². The van der Waals surface area contributed by atoms with Crippen LogP contribution in [0.2, 0.25) is 0 Å². The Morgan fingerprint density at radius 2 is 1.75 bits per heavy atom. The van der Waals surface area contributed by atoms with Crippen LogP contribution in [0.4, 0.5) is 0 Å². The van der Waals surface area contributed by atoms with E-state index in [0.717, 1.165) is 5.56 Å². The Morgan fingerprint density at radius 1 is 1.08 bits per heavy atom. The molecule has 2 aromatic rings. The SMILES string of the molecule is CCOc1ccccc1C(=O)N(C)Cc1ccc(C(=O)NC)cc1. The van der Waals surface area contributed by atoms with Crippen molar-refractivity contribution in [2.75, 3.05) is 20.7 Å². The fraction of sp³-hybridized carbons (Fsp3) is 0.263. The predicted molar refractivity (Wildman–Crippen MR) is 93.2 cm³/mol. The highest BCUT2D eigenvalue weighted by Crippen LogP contribution is 2.20. The lowest BCUT2D eigenvalue weighted by Gasteiger charge is -2.19. The number of nitrogens with one attached hydrogen (secondary N) is 1. The summed E-state index contributed by atoms with van der Waals surface area (Å²) < 4.78 is 5.52. The van der Waals surface area contributed by atoms with Crippen LogP contribution in [0.1, 0.15) is 33.2 Å². The third-order valence-electron chi connectivity index (χ3n) is 3.63. The van der Waals surface area contributed by atoms with Crippen molar-refractivity contribution in [3.05, 3.63) is 65.2 Å². The van der Waals surface area contributed by atoms with Gasteiger partial charge in [-0.1, -0.05) is 24.3 Å². The Kier molecular flexibility index (Phi) is 5.95. The summed E-state index contributed by atoms with van der Waals surface area (Å²) in [6, 6.07) is 14.4. The lowest BCUT2D eigenvalue weighted by atomic mass is 10.1. The van der Waals surface area contributed by atoms with Crippen molar-refractivity contribution in [2.24, 2.45) is 0 Å². The maximum absolute atomic E-state index is 12.6. The van der Waals surface area contributed by atoms with Crippen LogP contribution in [0.25, 0.3) is 0 Å². The minimum atomic E-state index is -0.128. The monoisotopic (exact) mass is 326 g/mol. The molecule has 0 radical (unpaired) electrons. The van der Waals surface area contributed by atoms with Crippen LogP contribution in [-0.2, 0) is 6.54 Å². The third-order valence-corrected chi connectivity index (χ3v) is 3.63. The van der Waals surface area contributed by atoms with Gasteiger partial charge in [0.2, 0.25) is 0 Å². The Balaban J connectivity index is 2.10. The van der Waals surface area contributed by atoms with Crippen LogP contribution in [0, 0.1) is 0 Å². The van der Waals surface area contributed by atoms with Gasteiger partial charge in [0.05, 0.1) is 12.2 Å². The fourth-order valence-corrected chi connectivity index (χ4v) is 2.38. The highest BCUT2D eigenvalue weighted by Gasteiger charge is 2.16. The minimum Gasteiger partial charge on any atom is -0.493 e. The highest BCUT2D eigenvalue weighted by molar-refractivity contribution is 5.97. The summed E-state index contributed by atoms with van der Waals surface area (Å²) >= 11 is 0. The summed E-state index contributed by atoms with van der Waals surface area (Å²) in [6.07, 6.45) is 0. The summed E-state index contributed by atoms with van der Waals surface area (Å²) in [4.78, 5) is 25.8. The van der Waals surface area contributed by atoms with E-state index in [1.165, 1.54) is 0 Å². The van der Waals surface area contributed by atoms with Gasteiger partial charge in [-0.3, -0.25) is 9.59 Å². The normalized spacial score (nSPS) is 10.1. The van der Waals surface area contributed by atoms with Gasteiger partial charge in [0.1, 0.15) is 5.75 Å². The standard InChI is InChI=1S/C19H22N2O3/c1-4-24-17-8-6-5-7-16(17)19(23)21(3)13-14-9-11-15(12-10-14)18(22)20-2/h5-12H,4,13H2,1-3H3,(H,20,22). The molecule has 0 spiro atoms. The smallest absolute Gasteiger partial charge is 0.257 e. The number of amides is 2. The molecule has 24 heavy (non-hydrogen) atoms. The molecule has 5 nitrogen and oxygen atoms in total. The zero-order valence-corrected chi connectivity index (χ0v) is 14.2. The molecule has 0 fully saturated rings. The maximum atomic E-state index is 12.6. The molecule has 2 rings (SSSR count). The first-order valence-electron chi connectivity index (χ1n) is 7.85. The Labute approximate surface area is 142 Å². The Bertz CT molecular complexity index is 711. The zero-order valence-electron chi connectivity index (χ0n) is 14.2. The molecule has 0 atom stereocenters. The number of para-hydroxylation sites is 1. The predicted octanol–water partition coefficient (Wildman–Crippen LogP) is 2.72. The average molecular weight is 326 g/mol. The van der Waals surface area contributed by atoms with Crippen molar-refractivity contribution in [3.8, 4) is 5.75 Å². The van der Waals surface area contributed by atoms with E-state index in [9.17, 15) is 9.59 Å². The number of carbonyl (C=O) groups excluding carboxylic acids is 2. The molecule has 126 valence electrons. The van der Waals surface area contributed by atoms with E-state index in [1.54, 1.807) is 43.3 Å². The molecular weight excluding hydrogens is 304 g/mol. The minimum absolute atomic E-state index is 0.102. The molecular formula is C19H22N2O3. The largest absolute Gasteiger partial charge is 0.493 e. The molecule has 0 unspecified atom stereocenters. The van der Waals surface area contributed by atoms with E-state index in [1.807, 2.05) is 31.2 Å². The number of carbonyl (C=O) groups is 2. The van der Waals surface area contributed by atoms with Crippen molar-refractivity contribution in [2.45, 2.75) is 13.5 Å². The first kappa shape index (κ1) is 17.5. The third kappa shape index (κ3) is 4.13. The van der Waals surface area contributed by atoms with Gasteiger partial charge in [-0.2, -0.15) is 0 Å². The molecule has 0 saturated carbocycles. The van der Waals surface area contributed by atoms with Crippen molar-refractivity contribution in [3.63, 3.8) is 0 Å². The molecule has 0 aromatic heterocycles. The quantitative estimate of drug-likeness (QED) is 0.888. The molecule has 1 N–H and O–H groups in total. The van der Waals surface area contributed by atoms with E-state index >= 15 is 0 Å². The van der Waals surface area contributed by atoms with Crippen molar-refractivity contribution >= 4 is 11.8 Å². The van der Waals surface area contributed by atoms with Gasteiger partial charge in [-0.15, -0.1) is 0 Å². The Hall–Kier alpha value is -2.82. The molecule has 0 aliphatic carbocycles.